The third kappa shape index (κ3) is 5.24. The van der Waals surface area contributed by atoms with Gasteiger partial charge in [0.05, 0.1) is 18.6 Å². The van der Waals surface area contributed by atoms with Crippen molar-refractivity contribution in [2.45, 2.75) is 19.9 Å². The molecule has 1 heterocycles. The van der Waals surface area contributed by atoms with Crippen LogP contribution < -0.4 is 10.0 Å². The summed E-state index contributed by atoms with van der Waals surface area (Å²) in [6, 6.07) is 0. The molecule has 7 heteroatoms. The summed E-state index contributed by atoms with van der Waals surface area (Å²) in [5.41, 5.74) is 0.759. The monoisotopic (exact) mass is 246 g/mol. The fourth-order valence-corrected chi connectivity index (χ4v) is 2.25. The lowest BCUT2D eigenvalue weighted by molar-refractivity contribution is 0.575. The van der Waals surface area contributed by atoms with Crippen LogP contribution in [-0.2, 0) is 16.6 Å². The first-order valence-electron chi connectivity index (χ1n) is 5.29. The van der Waals surface area contributed by atoms with Crippen molar-refractivity contribution < 1.29 is 8.42 Å². The summed E-state index contributed by atoms with van der Waals surface area (Å²) in [6.07, 6.45) is 3.74. The second kappa shape index (κ2) is 6.62. The van der Waals surface area contributed by atoms with Crippen LogP contribution in [0.4, 0.5) is 0 Å². The van der Waals surface area contributed by atoms with Gasteiger partial charge >= 0.3 is 0 Å². The minimum atomic E-state index is -3.18. The van der Waals surface area contributed by atoms with Gasteiger partial charge in [-0.05, 0) is 19.5 Å². The van der Waals surface area contributed by atoms with E-state index in [1.165, 1.54) is 6.33 Å². The van der Waals surface area contributed by atoms with E-state index in [-0.39, 0.29) is 12.3 Å². The van der Waals surface area contributed by atoms with E-state index in [1.54, 1.807) is 6.20 Å². The smallest absolute Gasteiger partial charge is 0.211 e. The standard InChI is InChI=1S/C9H18N4O2S/c1-2-10-4-3-5-16(14,15)13-7-9-6-11-8-12-9/h6,8,10,13H,2-5,7H2,1H3,(H,11,12). The summed E-state index contributed by atoms with van der Waals surface area (Å²) in [7, 11) is -3.18. The molecular formula is C9H18N4O2S. The number of aromatic amines is 1. The van der Waals surface area contributed by atoms with E-state index in [0.29, 0.717) is 6.42 Å². The number of sulfonamides is 1. The molecule has 0 fully saturated rings. The molecule has 0 aliphatic carbocycles. The molecule has 1 rings (SSSR count). The predicted octanol–water partition coefficient (Wildman–Crippen LogP) is -0.171. The first kappa shape index (κ1) is 13.1. The third-order valence-corrected chi connectivity index (χ3v) is 3.46. The van der Waals surface area contributed by atoms with Gasteiger partial charge in [0.2, 0.25) is 10.0 Å². The second-order valence-electron chi connectivity index (χ2n) is 3.42. The van der Waals surface area contributed by atoms with Gasteiger partial charge in [0, 0.05) is 11.9 Å². The van der Waals surface area contributed by atoms with Crippen molar-refractivity contribution in [3.63, 3.8) is 0 Å². The molecule has 92 valence electrons. The molecule has 0 atom stereocenters. The Balaban J connectivity index is 2.23. The maximum absolute atomic E-state index is 11.5. The lowest BCUT2D eigenvalue weighted by Crippen LogP contribution is -2.28. The average molecular weight is 246 g/mol. The zero-order valence-corrected chi connectivity index (χ0v) is 10.2. The van der Waals surface area contributed by atoms with E-state index >= 15 is 0 Å². The van der Waals surface area contributed by atoms with Gasteiger partial charge in [-0.1, -0.05) is 6.92 Å². The molecule has 0 aliphatic heterocycles. The van der Waals surface area contributed by atoms with Gasteiger partial charge in [-0.25, -0.2) is 18.1 Å². The maximum Gasteiger partial charge on any atom is 0.211 e. The summed E-state index contributed by atoms with van der Waals surface area (Å²) in [4.78, 5) is 6.64. The van der Waals surface area contributed by atoms with Crippen molar-refractivity contribution in [1.82, 2.24) is 20.0 Å². The van der Waals surface area contributed by atoms with Gasteiger partial charge in [0.25, 0.3) is 0 Å². The van der Waals surface area contributed by atoms with Crippen LogP contribution >= 0.6 is 0 Å². The third-order valence-electron chi connectivity index (χ3n) is 2.05. The van der Waals surface area contributed by atoms with Gasteiger partial charge in [-0.3, -0.25) is 0 Å². The lowest BCUT2D eigenvalue weighted by atomic mass is 10.5. The van der Waals surface area contributed by atoms with E-state index in [4.69, 9.17) is 0 Å². The molecule has 0 radical (unpaired) electrons. The number of hydrogen-bond acceptors (Lipinski definition) is 4. The van der Waals surface area contributed by atoms with E-state index in [1.807, 2.05) is 6.92 Å². The SMILES string of the molecule is CCNCCCS(=O)(=O)NCc1cnc[nH]1. The fraction of sp³-hybridized carbons (Fsp3) is 0.667. The Morgan fingerprint density at radius 1 is 1.50 bits per heavy atom. The van der Waals surface area contributed by atoms with Crippen molar-refractivity contribution in [1.29, 1.82) is 0 Å². The van der Waals surface area contributed by atoms with Crippen LogP contribution in [0.1, 0.15) is 19.0 Å². The second-order valence-corrected chi connectivity index (χ2v) is 5.35. The predicted molar refractivity (Wildman–Crippen MR) is 62.4 cm³/mol. The number of nitrogens with one attached hydrogen (secondary N) is 3. The number of H-pyrrole nitrogens is 1. The number of nitrogens with zero attached hydrogens (tertiary/aromatic N) is 1. The van der Waals surface area contributed by atoms with Crippen molar-refractivity contribution in [3.8, 4) is 0 Å². The van der Waals surface area contributed by atoms with Crippen molar-refractivity contribution in [3.05, 3.63) is 18.2 Å². The summed E-state index contributed by atoms with van der Waals surface area (Å²) in [5.74, 6) is 0.147. The van der Waals surface area contributed by atoms with Crippen LogP contribution in [0.5, 0.6) is 0 Å². The summed E-state index contributed by atoms with van der Waals surface area (Å²) in [5, 5.41) is 3.08. The van der Waals surface area contributed by atoms with Crippen LogP contribution in [0.2, 0.25) is 0 Å². The van der Waals surface area contributed by atoms with E-state index in [0.717, 1.165) is 18.8 Å². The Labute approximate surface area is 95.9 Å². The van der Waals surface area contributed by atoms with E-state index in [2.05, 4.69) is 20.0 Å². The Kier molecular flexibility index (Phi) is 5.44. The lowest BCUT2D eigenvalue weighted by Gasteiger charge is -2.05. The van der Waals surface area contributed by atoms with E-state index < -0.39 is 10.0 Å². The van der Waals surface area contributed by atoms with Crippen molar-refractivity contribution in [2.75, 3.05) is 18.8 Å². The largest absolute Gasteiger partial charge is 0.347 e. The molecule has 0 bridgehead atoms. The summed E-state index contributed by atoms with van der Waals surface area (Å²) < 4.78 is 25.5. The normalized spacial score (nSPS) is 11.8. The fourth-order valence-electron chi connectivity index (χ4n) is 1.21. The van der Waals surface area contributed by atoms with Crippen molar-refractivity contribution >= 4 is 10.0 Å². The van der Waals surface area contributed by atoms with Gasteiger partial charge in [-0.15, -0.1) is 0 Å². The Morgan fingerprint density at radius 2 is 2.31 bits per heavy atom. The maximum atomic E-state index is 11.5. The highest BCUT2D eigenvalue weighted by Gasteiger charge is 2.09. The van der Waals surface area contributed by atoms with Gasteiger partial charge in [-0.2, -0.15) is 0 Å². The Hall–Kier alpha value is -0.920. The zero-order chi connectivity index (χ0) is 11.9. The molecule has 0 amide bonds. The Morgan fingerprint density at radius 3 is 2.94 bits per heavy atom. The number of aromatic nitrogens is 2. The molecule has 3 N–H and O–H groups in total. The molecule has 0 saturated heterocycles. The van der Waals surface area contributed by atoms with Crippen LogP contribution in [0.15, 0.2) is 12.5 Å². The van der Waals surface area contributed by atoms with Crippen LogP contribution in [-0.4, -0.2) is 37.2 Å². The quantitative estimate of drug-likeness (QED) is 0.556. The molecule has 16 heavy (non-hydrogen) atoms. The van der Waals surface area contributed by atoms with Crippen LogP contribution in [0.3, 0.4) is 0 Å². The van der Waals surface area contributed by atoms with Crippen LogP contribution in [0.25, 0.3) is 0 Å². The molecule has 0 unspecified atom stereocenters. The first-order chi connectivity index (χ1) is 7.64. The summed E-state index contributed by atoms with van der Waals surface area (Å²) in [6.45, 7) is 3.84. The molecule has 0 spiro atoms. The highest BCUT2D eigenvalue weighted by atomic mass is 32.2. The highest BCUT2D eigenvalue weighted by molar-refractivity contribution is 7.89. The minimum Gasteiger partial charge on any atom is -0.347 e. The topological polar surface area (TPSA) is 86.9 Å². The summed E-state index contributed by atoms with van der Waals surface area (Å²) >= 11 is 0. The molecule has 0 aromatic carbocycles. The van der Waals surface area contributed by atoms with Gasteiger partial charge in [0.15, 0.2) is 0 Å². The molecule has 6 nitrogen and oxygen atoms in total. The average Bonchev–Trinajstić information content (AvgIpc) is 2.75. The zero-order valence-electron chi connectivity index (χ0n) is 9.36. The molecule has 0 aliphatic rings. The van der Waals surface area contributed by atoms with Crippen molar-refractivity contribution in [2.24, 2.45) is 0 Å². The van der Waals surface area contributed by atoms with Gasteiger partial charge < -0.3 is 10.3 Å². The number of rotatable bonds is 8. The highest BCUT2D eigenvalue weighted by Crippen LogP contribution is 1.94. The molecule has 1 aromatic heterocycles. The first-order valence-corrected chi connectivity index (χ1v) is 6.94. The molecule has 0 saturated carbocycles. The number of hydrogen-bond donors (Lipinski definition) is 3. The molecule has 1 aromatic rings. The van der Waals surface area contributed by atoms with Crippen LogP contribution in [0, 0.1) is 0 Å². The van der Waals surface area contributed by atoms with E-state index in [9.17, 15) is 8.42 Å². The minimum absolute atomic E-state index is 0.147. The molecular weight excluding hydrogens is 228 g/mol. The Bertz CT molecular complexity index is 374. The number of imidazole rings is 1. The van der Waals surface area contributed by atoms with Gasteiger partial charge in [0.1, 0.15) is 0 Å².